The molecule has 57 heavy (non-hydrogen) atoms. The van der Waals surface area contributed by atoms with Crippen molar-refractivity contribution in [2.75, 3.05) is 20.6 Å². The van der Waals surface area contributed by atoms with Crippen LogP contribution in [0.1, 0.15) is 76.6 Å². The van der Waals surface area contributed by atoms with Gasteiger partial charge in [0.2, 0.25) is 23.5 Å². The molecular weight excluding hydrogens is 727 g/mol. The number of likely N-dealkylation sites (N-methyl/N-ethyl adjacent to an activating group) is 1. The summed E-state index contributed by atoms with van der Waals surface area (Å²) in [7, 11) is 3.12. The van der Waals surface area contributed by atoms with Gasteiger partial charge in [-0.1, -0.05) is 74.5 Å². The van der Waals surface area contributed by atoms with Gasteiger partial charge in [-0.2, -0.15) is 0 Å². The molecule has 0 bridgehead atoms. The number of rotatable bonds is 16. The summed E-state index contributed by atoms with van der Waals surface area (Å²) in [5, 5.41) is 10.7. The molecule has 13 heteroatoms. The molecule has 2 saturated carbocycles. The first-order chi connectivity index (χ1) is 26.8. The lowest BCUT2D eigenvalue weighted by molar-refractivity contribution is -0.142. The lowest BCUT2D eigenvalue weighted by Crippen LogP contribution is -2.54. The average Bonchev–Trinajstić information content (AvgIpc) is 3.51. The Morgan fingerprint density at radius 3 is 2.11 bits per heavy atom. The summed E-state index contributed by atoms with van der Waals surface area (Å²) in [6, 6.07) is 13.4. The predicted octanol–water partition coefficient (Wildman–Crippen LogP) is 3.85. The van der Waals surface area contributed by atoms with Gasteiger partial charge in [-0.15, -0.1) is 6.58 Å². The minimum atomic E-state index is -1.26. The largest absolute Gasteiger partial charge is 0.444 e. The number of carbonyl (C=O) groups excluding carboxylic acids is 7. The minimum absolute atomic E-state index is 0.0626. The lowest BCUT2D eigenvalue weighted by atomic mass is 9.76. The van der Waals surface area contributed by atoms with Crippen LogP contribution in [-0.2, 0) is 46.3 Å². The van der Waals surface area contributed by atoms with Crippen LogP contribution in [0.4, 0.5) is 4.79 Å². The summed E-state index contributed by atoms with van der Waals surface area (Å²) >= 11 is 0. The van der Waals surface area contributed by atoms with E-state index < -0.39 is 71.7 Å². The number of carbonyl (C=O) groups is 7. The van der Waals surface area contributed by atoms with E-state index in [1.54, 1.807) is 71.3 Å². The van der Waals surface area contributed by atoms with E-state index in [4.69, 9.17) is 4.74 Å². The summed E-state index contributed by atoms with van der Waals surface area (Å²) in [4.78, 5) is 96.3. The van der Waals surface area contributed by atoms with Crippen molar-refractivity contribution in [1.29, 1.82) is 0 Å². The molecule has 4 N–H and O–H groups in total. The van der Waals surface area contributed by atoms with Crippen LogP contribution in [0.25, 0.3) is 0 Å². The summed E-state index contributed by atoms with van der Waals surface area (Å²) in [6.07, 6.45) is 2.82. The number of hydrogen-bond acceptors (Lipinski definition) is 8. The first-order valence-corrected chi connectivity index (χ1v) is 19.7. The molecule has 2 aromatic rings. The quantitative estimate of drug-likeness (QED) is 0.146. The van der Waals surface area contributed by atoms with Gasteiger partial charge in [0.1, 0.15) is 11.6 Å². The van der Waals surface area contributed by atoms with Crippen LogP contribution < -0.4 is 21.3 Å². The normalized spacial score (nSPS) is 22.0. The molecule has 3 aliphatic rings. The van der Waals surface area contributed by atoms with E-state index in [-0.39, 0.29) is 41.3 Å². The van der Waals surface area contributed by atoms with Crippen LogP contribution >= 0.6 is 0 Å². The van der Waals surface area contributed by atoms with Crippen LogP contribution in [0.3, 0.4) is 0 Å². The molecule has 2 fully saturated rings. The zero-order valence-electron chi connectivity index (χ0n) is 34.1. The summed E-state index contributed by atoms with van der Waals surface area (Å²) in [6.45, 7) is 12.5. The molecule has 0 heterocycles. The second-order valence-electron chi connectivity index (χ2n) is 17.4. The van der Waals surface area contributed by atoms with Crippen molar-refractivity contribution in [1.82, 2.24) is 26.2 Å². The van der Waals surface area contributed by atoms with Gasteiger partial charge in [0, 0.05) is 20.0 Å². The van der Waals surface area contributed by atoms with Crippen molar-refractivity contribution >= 4 is 41.3 Å². The van der Waals surface area contributed by atoms with Gasteiger partial charge in [0.05, 0.1) is 24.5 Å². The standard InChI is InChI=1S/C44H57N5O8/c1-9-10-20-31(38(52)40(54)45-24-32(50)47-36(41(55)49(7)8)25-16-12-11-13-17-25)46-39(53)33-29(23-30-34(33)44(30,5)6)37(51)35(48-42(56)57-43(2,3)4)28-21-26-18-14-15-19-27(26)22-28/h9,11-19,28-31,33-36H,1,10,20-24H2,2-8H3,(H,45,54)(H,46,53)(H,47,50)(H,48,56)/t29?,30-,31?,33-,34-,35-,36-/m0/s1. The number of amides is 5. The molecule has 5 amide bonds. The fourth-order valence-electron chi connectivity index (χ4n) is 8.80. The maximum Gasteiger partial charge on any atom is 0.408 e. The van der Waals surface area contributed by atoms with Gasteiger partial charge >= 0.3 is 6.09 Å². The first-order valence-electron chi connectivity index (χ1n) is 19.7. The fourth-order valence-corrected chi connectivity index (χ4v) is 8.80. The van der Waals surface area contributed by atoms with E-state index in [0.29, 0.717) is 31.2 Å². The number of Topliss-reactive ketones (excluding diaryl/α,β-unsaturated/α-hetero) is 2. The highest BCUT2D eigenvalue weighted by Gasteiger charge is 2.70. The lowest BCUT2D eigenvalue weighted by Gasteiger charge is -2.32. The Morgan fingerprint density at radius 2 is 1.53 bits per heavy atom. The Kier molecular flexibility index (Phi) is 13.1. The molecule has 2 aromatic carbocycles. The molecule has 2 unspecified atom stereocenters. The van der Waals surface area contributed by atoms with Crippen molar-refractivity contribution in [3.63, 3.8) is 0 Å². The number of ketones is 2. The Labute approximate surface area is 335 Å². The topological polar surface area (TPSA) is 180 Å². The summed E-state index contributed by atoms with van der Waals surface area (Å²) < 4.78 is 5.58. The molecule has 13 nitrogen and oxygen atoms in total. The highest BCUT2D eigenvalue weighted by Crippen LogP contribution is 2.71. The van der Waals surface area contributed by atoms with Crippen molar-refractivity contribution in [3.8, 4) is 0 Å². The van der Waals surface area contributed by atoms with E-state index in [1.165, 1.54) is 4.90 Å². The van der Waals surface area contributed by atoms with Crippen molar-refractivity contribution in [2.45, 2.75) is 90.4 Å². The number of fused-ring (bicyclic) bond motifs is 2. The molecule has 0 radical (unpaired) electrons. The third kappa shape index (κ3) is 9.98. The molecule has 0 aliphatic heterocycles. The number of benzene rings is 2. The molecule has 0 aromatic heterocycles. The minimum Gasteiger partial charge on any atom is -0.444 e. The van der Waals surface area contributed by atoms with E-state index >= 15 is 0 Å². The first kappa shape index (κ1) is 42.8. The van der Waals surface area contributed by atoms with Crippen molar-refractivity contribution < 1.29 is 38.3 Å². The monoisotopic (exact) mass is 783 g/mol. The molecule has 306 valence electrons. The summed E-state index contributed by atoms with van der Waals surface area (Å²) in [5.41, 5.74) is 1.73. The van der Waals surface area contributed by atoms with Crippen LogP contribution in [0, 0.1) is 35.0 Å². The number of nitrogens with one attached hydrogen (secondary N) is 4. The smallest absolute Gasteiger partial charge is 0.408 e. The Morgan fingerprint density at radius 1 is 0.912 bits per heavy atom. The Bertz CT molecular complexity index is 1860. The molecular formula is C44H57N5O8. The van der Waals surface area contributed by atoms with E-state index in [1.807, 2.05) is 24.3 Å². The second-order valence-corrected chi connectivity index (χ2v) is 17.4. The molecule has 5 rings (SSSR count). The third-order valence-electron chi connectivity index (χ3n) is 11.7. The molecule has 7 atom stereocenters. The van der Waals surface area contributed by atoms with Gasteiger partial charge in [0.25, 0.3) is 5.91 Å². The number of allylic oxidation sites excluding steroid dienone is 1. The predicted molar refractivity (Wildman–Crippen MR) is 213 cm³/mol. The van der Waals surface area contributed by atoms with Gasteiger partial charge in [-0.05, 0) is 92.7 Å². The SMILES string of the molecule is C=CCCC(NC(=O)[C@H]1C(C(=O)[C@@H](NC(=O)OC(C)(C)C)C2Cc3ccccc3C2)C[C@H]2[C@@H]1C2(C)C)C(=O)C(=O)NCC(=O)N[C@H](C(=O)N(C)C)c1ccccc1. The zero-order valence-corrected chi connectivity index (χ0v) is 34.1. The molecule has 3 aliphatic carbocycles. The Balaban J connectivity index is 1.30. The van der Waals surface area contributed by atoms with E-state index in [9.17, 15) is 33.6 Å². The average molecular weight is 784 g/mol. The van der Waals surface area contributed by atoms with Crippen LogP contribution in [0.5, 0.6) is 0 Å². The number of hydrogen-bond donors (Lipinski definition) is 4. The third-order valence-corrected chi connectivity index (χ3v) is 11.7. The van der Waals surface area contributed by atoms with E-state index in [0.717, 1.165) is 11.1 Å². The van der Waals surface area contributed by atoms with E-state index in [2.05, 4.69) is 41.7 Å². The van der Waals surface area contributed by atoms with Crippen molar-refractivity contribution in [3.05, 3.63) is 83.9 Å². The second kappa shape index (κ2) is 17.4. The number of nitrogens with zero attached hydrogens (tertiary/aromatic N) is 1. The molecule has 0 spiro atoms. The number of ether oxygens (including phenoxy) is 1. The van der Waals surface area contributed by atoms with Crippen LogP contribution in [0.2, 0.25) is 0 Å². The van der Waals surface area contributed by atoms with Crippen LogP contribution in [-0.4, -0.2) is 84.5 Å². The highest BCUT2D eigenvalue weighted by molar-refractivity contribution is 6.38. The zero-order chi connectivity index (χ0) is 41.8. The van der Waals surface area contributed by atoms with Gasteiger partial charge in [-0.3, -0.25) is 28.8 Å². The number of alkyl carbamates (subject to hydrolysis) is 1. The van der Waals surface area contributed by atoms with Crippen LogP contribution in [0.15, 0.2) is 67.3 Å². The maximum atomic E-state index is 14.7. The van der Waals surface area contributed by atoms with Gasteiger partial charge in [0.15, 0.2) is 5.78 Å². The van der Waals surface area contributed by atoms with Gasteiger partial charge < -0.3 is 30.9 Å². The van der Waals surface area contributed by atoms with Gasteiger partial charge in [-0.25, -0.2) is 4.79 Å². The Hall–Kier alpha value is -5.33. The summed E-state index contributed by atoms with van der Waals surface area (Å²) in [5.74, 6) is -5.74. The van der Waals surface area contributed by atoms with Crippen molar-refractivity contribution in [2.24, 2.45) is 35.0 Å². The molecule has 0 saturated heterocycles. The fraction of sp³-hybridized carbons (Fsp3) is 0.523. The highest BCUT2D eigenvalue weighted by atomic mass is 16.6. The maximum absolute atomic E-state index is 14.7.